The predicted molar refractivity (Wildman–Crippen MR) is 99.5 cm³/mol. The van der Waals surface area contributed by atoms with Crippen LogP contribution in [0, 0.1) is 28.4 Å². The molecule has 3 rings (SSSR count). The van der Waals surface area contributed by atoms with Gasteiger partial charge in [-0.2, -0.15) is 5.26 Å². The van der Waals surface area contributed by atoms with Crippen LogP contribution in [0.5, 0.6) is 0 Å². The van der Waals surface area contributed by atoms with Gasteiger partial charge in [0.1, 0.15) is 23.2 Å². The first-order chi connectivity index (χ1) is 13.0. The van der Waals surface area contributed by atoms with Crippen molar-refractivity contribution in [2.24, 2.45) is 0 Å². The lowest BCUT2D eigenvalue weighted by Crippen LogP contribution is -2.33. The molecule has 0 spiro atoms. The van der Waals surface area contributed by atoms with Gasteiger partial charge >= 0.3 is 0 Å². The maximum absolute atomic E-state index is 12.3. The first kappa shape index (κ1) is 18.4. The molecule has 0 bridgehead atoms. The highest BCUT2D eigenvalue weighted by Crippen LogP contribution is 2.29. The second-order valence-electron chi connectivity index (χ2n) is 6.58. The Morgan fingerprint density at radius 2 is 2.07 bits per heavy atom. The molecule has 138 valence electrons. The molecule has 0 unspecified atom stereocenters. The molecule has 27 heavy (non-hydrogen) atoms. The van der Waals surface area contributed by atoms with Gasteiger partial charge in [0.05, 0.1) is 4.92 Å². The lowest BCUT2D eigenvalue weighted by Gasteiger charge is -2.10. The summed E-state index contributed by atoms with van der Waals surface area (Å²) in [6.07, 6.45) is 5.47. The van der Waals surface area contributed by atoms with Crippen molar-refractivity contribution < 1.29 is 14.1 Å². The number of benzene rings is 1. The fourth-order valence-corrected chi connectivity index (χ4v) is 3.24. The number of furan rings is 1. The highest BCUT2D eigenvalue weighted by molar-refractivity contribution is 6.01. The number of non-ortho nitro benzene ring substituents is 1. The summed E-state index contributed by atoms with van der Waals surface area (Å²) in [6, 6.07) is 9.93. The van der Waals surface area contributed by atoms with Gasteiger partial charge in [-0.1, -0.05) is 12.8 Å². The number of nitro benzene ring substituents is 1. The number of aryl methyl sites for hydroxylation is 1. The Labute approximate surface area is 156 Å². The molecular weight excluding hydrogens is 346 g/mol. The topological polar surface area (TPSA) is 109 Å². The quantitative estimate of drug-likeness (QED) is 0.371. The molecule has 1 N–H and O–H groups in total. The normalized spacial score (nSPS) is 14.7. The number of carbonyl (C=O) groups excluding carboxylic acids is 1. The number of nitriles is 1. The molecule has 0 saturated heterocycles. The second kappa shape index (κ2) is 7.87. The van der Waals surface area contributed by atoms with Crippen LogP contribution in [0.25, 0.3) is 17.4 Å². The van der Waals surface area contributed by atoms with Crippen LogP contribution in [0.15, 0.2) is 40.3 Å². The van der Waals surface area contributed by atoms with Crippen LogP contribution in [0.1, 0.15) is 37.0 Å². The third-order valence-electron chi connectivity index (χ3n) is 4.66. The van der Waals surface area contributed by atoms with Gasteiger partial charge in [-0.05, 0) is 43.5 Å². The molecule has 7 heteroatoms. The van der Waals surface area contributed by atoms with E-state index in [2.05, 4.69) is 5.32 Å². The fourth-order valence-electron chi connectivity index (χ4n) is 3.24. The lowest BCUT2D eigenvalue weighted by atomic mass is 10.1. The largest absolute Gasteiger partial charge is 0.457 e. The summed E-state index contributed by atoms with van der Waals surface area (Å²) in [5, 5.41) is 23.0. The van der Waals surface area contributed by atoms with Gasteiger partial charge in [0.15, 0.2) is 0 Å². The zero-order chi connectivity index (χ0) is 19.4. The molecular formula is C20H19N3O4. The van der Waals surface area contributed by atoms with Gasteiger partial charge in [-0.3, -0.25) is 14.9 Å². The van der Waals surface area contributed by atoms with Crippen LogP contribution in [0.3, 0.4) is 0 Å². The van der Waals surface area contributed by atoms with Gasteiger partial charge in [0.25, 0.3) is 11.6 Å². The maximum atomic E-state index is 12.3. The zero-order valence-electron chi connectivity index (χ0n) is 14.9. The average Bonchev–Trinajstić information content (AvgIpc) is 3.31. The monoisotopic (exact) mass is 365 g/mol. The number of rotatable bonds is 5. The van der Waals surface area contributed by atoms with Crippen molar-refractivity contribution >= 4 is 17.7 Å². The minimum absolute atomic E-state index is 0.0109. The number of hydrogen-bond acceptors (Lipinski definition) is 5. The number of nitro groups is 1. The van der Waals surface area contributed by atoms with E-state index >= 15 is 0 Å². The van der Waals surface area contributed by atoms with E-state index in [9.17, 15) is 20.2 Å². The first-order valence-electron chi connectivity index (χ1n) is 8.76. The molecule has 1 saturated carbocycles. The summed E-state index contributed by atoms with van der Waals surface area (Å²) in [5.74, 6) is 0.497. The highest BCUT2D eigenvalue weighted by atomic mass is 16.6. The second-order valence-corrected chi connectivity index (χ2v) is 6.58. The van der Waals surface area contributed by atoms with Crippen LogP contribution in [0.4, 0.5) is 5.69 Å². The van der Waals surface area contributed by atoms with E-state index in [4.69, 9.17) is 4.42 Å². The summed E-state index contributed by atoms with van der Waals surface area (Å²) in [4.78, 5) is 22.7. The summed E-state index contributed by atoms with van der Waals surface area (Å²) in [6.45, 7) is 1.76. The van der Waals surface area contributed by atoms with E-state index in [1.807, 2.05) is 6.07 Å². The van der Waals surface area contributed by atoms with Crippen molar-refractivity contribution in [2.45, 2.75) is 38.6 Å². The van der Waals surface area contributed by atoms with E-state index in [0.717, 1.165) is 25.7 Å². The predicted octanol–water partition coefficient (Wildman–Crippen LogP) is 4.13. The van der Waals surface area contributed by atoms with Crippen molar-refractivity contribution in [3.05, 3.63) is 57.3 Å². The van der Waals surface area contributed by atoms with Crippen molar-refractivity contribution in [2.75, 3.05) is 0 Å². The number of nitrogens with one attached hydrogen (secondary N) is 1. The van der Waals surface area contributed by atoms with Gasteiger partial charge in [0, 0.05) is 29.8 Å². The van der Waals surface area contributed by atoms with Crippen LogP contribution in [-0.4, -0.2) is 16.9 Å². The Hall–Kier alpha value is -3.40. The Kier molecular flexibility index (Phi) is 5.36. The SMILES string of the molecule is Cc1cc([N+](=O)[O-])ccc1-c1ccc(/C=C(\C#N)C(=O)NC2CCCC2)o1. The summed E-state index contributed by atoms with van der Waals surface area (Å²) >= 11 is 0. The zero-order valence-corrected chi connectivity index (χ0v) is 14.9. The number of hydrogen-bond donors (Lipinski definition) is 1. The summed E-state index contributed by atoms with van der Waals surface area (Å²) in [7, 11) is 0. The van der Waals surface area contributed by atoms with Crippen molar-refractivity contribution in [3.63, 3.8) is 0 Å². The molecule has 0 radical (unpaired) electrons. The molecule has 1 aromatic heterocycles. The van der Waals surface area contributed by atoms with E-state index in [-0.39, 0.29) is 17.3 Å². The third kappa shape index (κ3) is 4.23. The van der Waals surface area contributed by atoms with Crippen molar-refractivity contribution in [1.82, 2.24) is 5.32 Å². The molecule has 0 aliphatic heterocycles. The van der Waals surface area contributed by atoms with E-state index < -0.39 is 10.8 Å². The molecule has 2 aromatic rings. The van der Waals surface area contributed by atoms with Crippen LogP contribution in [0.2, 0.25) is 0 Å². The molecule has 1 heterocycles. The Bertz CT molecular complexity index is 946. The smallest absolute Gasteiger partial charge is 0.269 e. The maximum Gasteiger partial charge on any atom is 0.269 e. The van der Waals surface area contributed by atoms with E-state index in [1.54, 1.807) is 25.1 Å². The van der Waals surface area contributed by atoms with E-state index in [0.29, 0.717) is 22.6 Å². The van der Waals surface area contributed by atoms with Crippen LogP contribution < -0.4 is 5.32 Å². The van der Waals surface area contributed by atoms with E-state index in [1.165, 1.54) is 18.2 Å². The Morgan fingerprint density at radius 1 is 1.33 bits per heavy atom. The van der Waals surface area contributed by atoms with Crippen LogP contribution in [-0.2, 0) is 4.79 Å². The Balaban J connectivity index is 1.80. The molecule has 0 atom stereocenters. The minimum Gasteiger partial charge on any atom is -0.457 e. The average molecular weight is 365 g/mol. The summed E-state index contributed by atoms with van der Waals surface area (Å²) < 4.78 is 5.73. The number of carbonyl (C=O) groups is 1. The molecule has 1 aromatic carbocycles. The summed E-state index contributed by atoms with van der Waals surface area (Å²) in [5.41, 5.74) is 1.42. The first-order valence-corrected chi connectivity index (χ1v) is 8.76. The standard InChI is InChI=1S/C20H19N3O4/c1-13-10-16(23(25)26)6-8-18(13)19-9-7-17(27-19)11-14(12-21)20(24)22-15-4-2-3-5-15/h6-11,15H,2-5H2,1H3,(H,22,24)/b14-11+. The molecule has 7 nitrogen and oxygen atoms in total. The van der Waals surface area contributed by atoms with Gasteiger partial charge in [0.2, 0.25) is 0 Å². The fraction of sp³-hybridized carbons (Fsp3) is 0.300. The molecule has 1 aliphatic carbocycles. The molecule has 1 amide bonds. The van der Waals surface area contributed by atoms with Gasteiger partial charge < -0.3 is 9.73 Å². The molecule has 1 fully saturated rings. The third-order valence-corrected chi connectivity index (χ3v) is 4.66. The van der Waals surface area contributed by atoms with Gasteiger partial charge in [-0.15, -0.1) is 0 Å². The van der Waals surface area contributed by atoms with Gasteiger partial charge in [-0.25, -0.2) is 0 Å². The van der Waals surface area contributed by atoms with Crippen LogP contribution >= 0.6 is 0 Å². The van der Waals surface area contributed by atoms with Crippen molar-refractivity contribution in [1.29, 1.82) is 5.26 Å². The number of nitrogens with zero attached hydrogens (tertiary/aromatic N) is 2. The molecule has 1 aliphatic rings. The number of amides is 1. The minimum atomic E-state index is -0.449. The van der Waals surface area contributed by atoms with Crippen molar-refractivity contribution in [3.8, 4) is 17.4 Å². The highest BCUT2D eigenvalue weighted by Gasteiger charge is 2.20. The lowest BCUT2D eigenvalue weighted by molar-refractivity contribution is -0.384. The Morgan fingerprint density at radius 3 is 2.70 bits per heavy atom.